The largest absolute Gasteiger partial charge is 0.444 e. The summed E-state index contributed by atoms with van der Waals surface area (Å²) in [5, 5.41) is 10.8. The molecule has 0 aromatic rings. The van der Waals surface area contributed by atoms with Crippen LogP contribution in [0.25, 0.3) is 0 Å². The Bertz CT molecular complexity index is 494. The smallest absolute Gasteiger partial charge is 0.411 e. The number of piperidine rings is 2. The molecule has 4 rings (SSSR count). The number of hydrogen-bond acceptors (Lipinski definition) is 4. The van der Waals surface area contributed by atoms with Crippen LogP contribution in [0.1, 0.15) is 59.8 Å². The lowest BCUT2D eigenvalue weighted by molar-refractivity contribution is -0.153. The Hall–Kier alpha value is -1.10. The minimum atomic E-state index is -0.584. The lowest BCUT2D eigenvalue weighted by atomic mass is 9.64. The molecule has 0 aromatic carbocycles. The maximum atomic E-state index is 12.7. The van der Waals surface area contributed by atoms with Crippen molar-refractivity contribution < 1.29 is 19.4 Å². The van der Waals surface area contributed by atoms with Crippen LogP contribution in [0.3, 0.4) is 0 Å². The highest BCUT2D eigenvalue weighted by atomic mass is 16.6. The van der Waals surface area contributed by atoms with Crippen LogP contribution in [0.2, 0.25) is 0 Å². The number of carbonyl (C=O) groups excluding carboxylic acids is 2. The van der Waals surface area contributed by atoms with Gasteiger partial charge in [0, 0.05) is 17.9 Å². The minimum absolute atomic E-state index is 0.0468. The number of hydrogen-bond donors (Lipinski definition) is 1. The highest BCUT2D eigenvalue weighted by molar-refractivity contribution is 5.86. The number of amides is 1. The number of carbonyl (C=O) groups is 2. The normalized spacial score (nSPS) is 36.9. The van der Waals surface area contributed by atoms with Crippen molar-refractivity contribution >= 4 is 11.9 Å². The zero-order valence-electron chi connectivity index (χ0n) is 14.6. The number of aliphatic hydroxyl groups is 1. The first-order chi connectivity index (χ1) is 10.7. The summed E-state index contributed by atoms with van der Waals surface area (Å²) in [6.45, 7) is 7.04. The molecule has 2 heterocycles. The molecule has 1 unspecified atom stereocenters. The Morgan fingerprint density at radius 3 is 2.35 bits per heavy atom. The van der Waals surface area contributed by atoms with Gasteiger partial charge in [0.25, 0.3) is 0 Å². The average molecular weight is 323 g/mol. The fraction of sp³-hybridized carbons (Fsp3) is 0.889. The first-order valence-electron chi connectivity index (χ1n) is 8.89. The third-order valence-electron chi connectivity index (χ3n) is 5.55. The molecule has 5 nitrogen and oxygen atoms in total. The Kier molecular flexibility index (Phi) is 4.20. The molecule has 1 amide bonds. The monoisotopic (exact) mass is 323 g/mol. The fourth-order valence-electron chi connectivity index (χ4n) is 4.49. The molecule has 0 aromatic heterocycles. The number of fused-ring (bicyclic) bond motifs is 3. The van der Waals surface area contributed by atoms with E-state index in [2.05, 4.69) is 0 Å². The highest BCUT2D eigenvalue weighted by Gasteiger charge is 2.56. The van der Waals surface area contributed by atoms with Crippen LogP contribution >= 0.6 is 0 Å². The van der Waals surface area contributed by atoms with Crippen molar-refractivity contribution in [3.63, 3.8) is 0 Å². The molecule has 130 valence electrons. The predicted octanol–water partition coefficient (Wildman–Crippen LogP) is 2.75. The van der Waals surface area contributed by atoms with Crippen LogP contribution in [-0.2, 0) is 9.53 Å². The van der Waals surface area contributed by atoms with Crippen molar-refractivity contribution in [2.45, 2.75) is 83.6 Å². The number of aliphatic hydroxyl groups excluding tert-OH is 1. The maximum absolute atomic E-state index is 12.7. The highest BCUT2D eigenvalue weighted by Crippen LogP contribution is 2.49. The van der Waals surface area contributed by atoms with Gasteiger partial charge in [-0.15, -0.1) is 0 Å². The lowest BCUT2D eigenvalue weighted by Gasteiger charge is -2.56. The van der Waals surface area contributed by atoms with Gasteiger partial charge in [0.05, 0.1) is 12.1 Å². The van der Waals surface area contributed by atoms with Gasteiger partial charge in [-0.05, 0) is 52.9 Å². The van der Waals surface area contributed by atoms with E-state index in [1.54, 1.807) is 4.90 Å². The van der Waals surface area contributed by atoms with E-state index in [9.17, 15) is 14.7 Å². The summed E-state index contributed by atoms with van der Waals surface area (Å²) in [5.41, 5.74) is -0.584. The van der Waals surface area contributed by atoms with Crippen LogP contribution in [-0.4, -0.2) is 45.7 Å². The predicted molar refractivity (Wildman–Crippen MR) is 85.9 cm³/mol. The lowest BCUT2D eigenvalue weighted by Crippen LogP contribution is -2.68. The second-order valence-corrected chi connectivity index (χ2v) is 8.59. The molecule has 4 aliphatic rings. The van der Waals surface area contributed by atoms with E-state index < -0.39 is 23.8 Å². The van der Waals surface area contributed by atoms with Crippen molar-refractivity contribution in [1.29, 1.82) is 0 Å². The van der Waals surface area contributed by atoms with Gasteiger partial charge >= 0.3 is 6.09 Å². The maximum Gasteiger partial charge on any atom is 0.411 e. The van der Waals surface area contributed by atoms with Crippen molar-refractivity contribution in [2.75, 3.05) is 0 Å². The van der Waals surface area contributed by atoms with Crippen molar-refractivity contribution in [1.82, 2.24) is 4.90 Å². The van der Waals surface area contributed by atoms with Gasteiger partial charge < -0.3 is 9.84 Å². The summed E-state index contributed by atoms with van der Waals surface area (Å²) in [7, 11) is 0. The Morgan fingerprint density at radius 1 is 1.17 bits per heavy atom. The zero-order chi connectivity index (χ0) is 16.9. The summed E-state index contributed by atoms with van der Waals surface area (Å²) in [6, 6.07) is -0.603. The van der Waals surface area contributed by atoms with Crippen LogP contribution in [0.15, 0.2) is 0 Å². The van der Waals surface area contributed by atoms with Crippen molar-refractivity contribution in [3.8, 4) is 0 Å². The molecular weight excluding hydrogens is 294 g/mol. The molecule has 2 saturated heterocycles. The van der Waals surface area contributed by atoms with E-state index in [0.29, 0.717) is 5.92 Å². The summed E-state index contributed by atoms with van der Waals surface area (Å²) >= 11 is 0. The van der Waals surface area contributed by atoms with Gasteiger partial charge in [-0.25, -0.2) is 4.79 Å². The molecule has 23 heavy (non-hydrogen) atoms. The molecule has 0 radical (unpaired) electrons. The summed E-state index contributed by atoms with van der Waals surface area (Å²) in [4.78, 5) is 26.6. The number of nitrogens with zero attached hydrogens (tertiary/aromatic N) is 1. The Morgan fingerprint density at radius 2 is 1.83 bits per heavy atom. The SMILES string of the molecule is CC(=O)[C@@H]1[C@@H]2CC[C@@H](C(CC3CC3)[C@H]2O)N1C(=O)OC(C)(C)C. The van der Waals surface area contributed by atoms with Crippen LogP contribution in [0.4, 0.5) is 4.79 Å². The molecule has 2 aliphatic carbocycles. The van der Waals surface area contributed by atoms with Crippen LogP contribution in [0, 0.1) is 17.8 Å². The minimum Gasteiger partial charge on any atom is -0.444 e. The summed E-state index contributed by atoms with van der Waals surface area (Å²) < 4.78 is 5.57. The van der Waals surface area contributed by atoms with Crippen LogP contribution in [0.5, 0.6) is 0 Å². The van der Waals surface area contributed by atoms with Gasteiger partial charge in [0.15, 0.2) is 5.78 Å². The quantitative estimate of drug-likeness (QED) is 0.867. The van der Waals surface area contributed by atoms with Gasteiger partial charge in [-0.1, -0.05) is 12.8 Å². The molecule has 4 fully saturated rings. The van der Waals surface area contributed by atoms with Gasteiger partial charge in [0.1, 0.15) is 5.60 Å². The first kappa shape index (κ1) is 16.7. The fourth-order valence-corrected chi connectivity index (χ4v) is 4.49. The van der Waals surface area contributed by atoms with E-state index >= 15 is 0 Å². The summed E-state index contributed by atoms with van der Waals surface area (Å²) in [5.74, 6) is 0.581. The van der Waals surface area contributed by atoms with E-state index in [-0.39, 0.29) is 23.7 Å². The Balaban J connectivity index is 1.86. The molecule has 2 bridgehead atoms. The van der Waals surface area contributed by atoms with E-state index in [4.69, 9.17) is 4.74 Å². The number of rotatable bonds is 3. The van der Waals surface area contributed by atoms with Crippen molar-refractivity contribution in [2.24, 2.45) is 17.8 Å². The van der Waals surface area contributed by atoms with Gasteiger partial charge in [-0.2, -0.15) is 0 Å². The van der Waals surface area contributed by atoms with E-state index in [1.807, 2.05) is 20.8 Å². The topological polar surface area (TPSA) is 66.8 Å². The first-order valence-corrected chi connectivity index (χ1v) is 8.89. The van der Waals surface area contributed by atoms with E-state index in [0.717, 1.165) is 19.3 Å². The van der Waals surface area contributed by atoms with Gasteiger partial charge in [0.2, 0.25) is 0 Å². The number of Topliss-reactive ketones (excluding diaryl/α,β-unsaturated/α-hetero) is 1. The molecule has 2 saturated carbocycles. The second kappa shape index (κ2) is 5.76. The zero-order valence-corrected chi connectivity index (χ0v) is 14.6. The standard InChI is InChI=1S/C18H29NO4/c1-10(20)15-12-7-8-14(13(16(12)21)9-11-5-6-11)19(15)17(22)23-18(2,3)4/h11-16,21H,5-9H2,1-4H3/t12-,13?,14-,15+,16-/m0/s1. The molecule has 2 aliphatic heterocycles. The molecule has 0 spiro atoms. The third kappa shape index (κ3) is 3.25. The number of ether oxygens (including phenoxy) is 1. The van der Waals surface area contributed by atoms with Gasteiger partial charge in [-0.3, -0.25) is 9.69 Å². The summed E-state index contributed by atoms with van der Waals surface area (Å²) in [6.07, 6.45) is 4.22. The molecular formula is C18H29NO4. The molecule has 5 heteroatoms. The van der Waals surface area contributed by atoms with Crippen LogP contribution < -0.4 is 0 Å². The average Bonchev–Trinajstić information content (AvgIpc) is 3.23. The molecule has 1 N–H and O–H groups in total. The molecule has 5 atom stereocenters. The van der Waals surface area contributed by atoms with E-state index in [1.165, 1.54) is 19.8 Å². The third-order valence-corrected chi connectivity index (χ3v) is 5.55. The second-order valence-electron chi connectivity index (χ2n) is 8.59. The van der Waals surface area contributed by atoms with Crippen molar-refractivity contribution in [3.05, 3.63) is 0 Å². The Labute approximate surface area is 138 Å². The number of ketones is 1.